The minimum absolute atomic E-state index is 0.312. The number of nitrogens with zero attached hydrogens (tertiary/aromatic N) is 2. The maximum atomic E-state index is 12.2. The number of carbonyl (C=O) groups is 1. The van der Waals surface area contributed by atoms with Crippen LogP contribution in [0.3, 0.4) is 0 Å². The van der Waals surface area contributed by atoms with Crippen molar-refractivity contribution in [3.63, 3.8) is 0 Å². The van der Waals surface area contributed by atoms with E-state index < -0.39 is 5.97 Å². The number of ether oxygens (including phenoxy) is 2. The molecule has 5 nitrogen and oxygen atoms in total. The van der Waals surface area contributed by atoms with E-state index in [1.807, 2.05) is 25.2 Å². The lowest BCUT2D eigenvalue weighted by atomic mass is 10.1. The van der Waals surface area contributed by atoms with Crippen molar-refractivity contribution >= 4 is 33.5 Å². The van der Waals surface area contributed by atoms with Crippen LogP contribution in [0.25, 0.3) is 11.6 Å². The third kappa shape index (κ3) is 3.57. The first-order chi connectivity index (χ1) is 10.6. The van der Waals surface area contributed by atoms with Gasteiger partial charge in [-0.2, -0.15) is 0 Å². The molecule has 6 heteroatoms. The summed E-state index contributed by atoms with van der Waals surface area (Å²) in [5.41, 5.74) is 1.25. The minimum atomic E-state index is -0.399. The molecule has 0 aliphatic carbocycles. The van der Waals surface area contributed by atoms with E-state index in [1.165, 1.54) is 0 Å². The Bertz CT molecular complexity index is 707. The Morgan fingerprint density at radius 1 is 1.45 bits per heavy atom. The number of esters is 1. The van der Waals surface area contributed by atoms with Gasteiger partial charge in [0.05, 0.1) is 18.2 Å². The summed E-state index contributed by atoms with van der Waals surface area (Å²) in [6.07, 6.45) is 5.18. The van der Waals surface area contributed by atoms with Gasteiger partial charge >= 0.3 is 5.97 Å². The Balaban J connectivity index is 2.47. The van der Waals surface area contributed by atoms with Crippen molar-refractivity contribution < 1.29 is 14.3 Å². The number of halogens is 1. The van der Waals surface area contributed by atoms with Gasteiger partial charge < -0.3 is 14.0 Å². The molecule has 2 rings (SSSR count). The molecular formula is C16H17BrN2O3. The first-order valence-corrected chi connectivity index (χ1v) is 7.56. The van der Waals surface area contributed by atoms with Crippen LogP contribution in [-0.4, -0.2) is 29.2 Å². The second-order valence-corrected chi connectivity index (χ2v) is 5.39. The standard InChI is InChI=1S/C16H17BrN2O3/c1-4-22-16(20)12(15-18-7-8-19(15)2)9-11-5-6-14(21-3)13(17)10-11/h5-10H,4H2,1-3H3. The largest absolute Gasteiger partial charge is 0.496 e. The second-order valence-electron chi connectivity index (χ2n) is 4.53. The quantitative estimate of drug-likeness (QED) is 0.603. The fourth-order valence-corrected chi connectivity index (χ4v) is 2.55. The number of benzene rings is 1. The van der Waals surface area contributed by atoms with Gasteiger partial charge in [0.15, 0.2) is 0 Å². The van der Waals surface area contributed by atoms with Crippen LogP contribution in [0.2, 0.25) is 0 Å². The van der Waals surface area contributed by atoms with Gasteiger partial charge in [-0.3, -0.25) is 0 Å². The number of methoxy groups -OCH3 is 1. The van der Waals surface area contributed by atoms with Gasteiger partial charge in [0.1, 0.15) is 17.1 Å². The number of imidazole rings is 1. The Labute approximate surface area is 137 Å². The van der Waals surface area contributed by atoms with E-state index in [9.17, 15) is 4.79 Å². The van der Waals surface area contributed by atoms with Crippen molar-refractivity contribution in [1.82, 2.24) is 9.55 Å². The Kier molecular flexibility index (Phi) is 5.38. The third-order valence-electron chi connectivity index (χ3n) is 3.04. The molecule has 0 aliphatic heterocycles. The lowest BCUT2D eigenvalue weighted by molar-refractivity contribution is -0.136. The van der Waals surface area contributed by atoms with Gasteiger partial charge in [-0.05, 0) is 46.6 Å². The first-order valence-electron chi connectivity index (χ1n) is 6.76. The topological polar surface area (TPSA) is 53.4 Å². The summed E-state index contributed by atoms with van der Waals surface area (Å²) < 4.78 is 12.9. The lowest BCUT2D eigenvalue weighted by Crippen LogP contribution is -2.10. The summed E-state index contributed by atoms with van der Waals surface area (Å²) in [7, 11) is 3.44. The van der Waals surface area contributed by atoms with Crippen LogP contribution in [0.4, 0.5) is 0 Å². The average molecular weight is 365 g/mol. The Hall–Kier alpha value is -2.08. The highest BCUT2D eigenvalue weighted by Gasteiger charge is 2.17. The van der Waals surface area contributed by atoms with E-state index in [0.29, 0.717) is 18.0 Å². The van der Waals surface area contributed by atoms with Gasteiger partial charge in [-0.25, -0.2) is 9.78 Å². The molecule has 0 unspecified atom stereocenters. The van der Waals surface area contributed by atoms with Crippen LogP contribution in [0.15, 0.2) is 35.1 Å². The van der Waals surface area contributed by atoms with Crippen LogP contribution in [0, 0.1) is 0 Å². The van der Waals surface area contributed by atoms with Crippen molar-refractivity contribution in [2.75, 3.05) is 13.7 Å². The highest BCUT2D eigenvalue weighted by molar-refractivity contribution is 9.10. The number of hydrogen-bond donors (Lipinski definition) is 0. The summed E-state index contributed by atoms with van der Waals surface area (Å²) >= 11 is 3.44. The number of carbonyl (C=O) groups excluding carboxylic acids is 1. The molecule has 0 radical (unpaired) electrons. The molecule has 0 atom stereocenters. The lowest BCUT2D eigenvalue weighted by Gasteiger charge is -2.08. The zero-order valence-corrected chi connectivity index (χ0v) is 14.3. The molecule has 1 aromatic carbocycles. The smallest absolute Gasteiger partial charge is 0.341 e. The Morgan fingerprint density at radius 2 is 2.23 bits per heavy atom. The van der Waals surface area contributed by atoms with Crippen molar-refractivity contribution in [3.05, 3.63) is 46.5 Å². The van der Waals surface area contributed by atoms with Crippen LogP contribution >= 0.6 is 15.9 Å². The first kappa shape index (κ1) is 16.3. The fraction of sp³-hybridized carbons (Fsp3) is 0.250. The van der Waals surface area contributed by atoms with Gasteiger partial charge in [0.2, 0.25) is 0 Å². The van der Waals surface area contributed by atoms with Crippen molar-refractivity contribution in [2.24, 2.45) is 7.05 Å². The monoisotopic (exact) mass is 364 g/mol. The maximum Gasteiger partial charge on any atom is 0.341 e. The summed E-state index contributed by atoms with van der Waals surface area (Å²) in [5.74, 6) is 0.890. The molecule has 1 aromatic heterocycles. The molecule has 1 heterocycles. The van der Waals surface area contributed by atoms with E-state index >= 15 is 0 Å². The van der Waals surface area contributed by atoms with Gasteiger partial charge in [-0.15, -0.1) is 0 Å². The van der Waals surface area contributed by atoms with E-state index in [4.69, 9.17) is 9.47 Å². The summed E-state index contributed by atoms with van der Waals surface area (Å²) in [6.45, 7) is 2.09. The van der Waals surface area contributed by atoms with E-state index in [-0.39, 0.29) is 0 Å². The highest BCUT2D eigenvalue weighted by atomic mass is 79.9. The second kappa shape index (κ2) is 7.26. The number of hydrogen-bond acceptors (Lipinski definition) is 4. The van der Waals surface area contributed by atoms with Crippen molar-refractivity contribution in [2.45, 2.75) is 6.92 Å². The van der Waals surface area contributed by atoms with E-state index in [2.05, 4.69) is 20.9 Å². The average Bonchev–Trinajstić information content (AvgIpc) is 2.91. The molecule has 0 saturated heterocycles. The third-order valence-corrected chi connectivity index (χ3v) is 3.66. The Morgan fingerprint density at radius 3 is 2.77 bits per heavy atom. The molecule has 0 fully saturated rings. The predicted octanol–water partition coefficient (Wildman–Crippen LogP) is 3.29. The molecule has 0 spiro atoms. The molecular weight excluding hydrogens is 348 g/mol. The van der Waals surface area contributed by atoms with Crippen LogP contribution < -0.4 is 4.74 Å². The number of aromatic nitrogens is 2. The highest BCUT2D eigenvalue weighted by Crippen LogP contribution is 2.27. The normalized spacial score (nSPS) is 11.4. The number of rotatable bonds is 5. The number of aryl methyl sites for hydroxylation is 1. The SMILES string of the molecule is CCOC(=O)C(=Cc1ccc(OC)c(Br)c1)c1nccn1C. The molecule has 0 aliphatic rings. The zero-order chi connectivity index (χ0) is 16.1. The van der Waals surface area contributed by atoms with Gasteiger partial charge in [0.25, 0.3) is 0 Å². The maximum absolute atomic E-state index is 12.2. The summed E-state index contributed by atoms with van der Waals surface area (Å²) in [4.78, 5) is 16.5. The molecule has 116 valence electrons. The van der Waals surface area contributed by atoms with E-state index in [0.717, 1.165) is 15.8 Å². The van der Waals surface area contributed by atoms with E-state index in [1.54, 1.807) is 37.1 Å². The molecule has 0 saturated carbocycles. The summed E-state index contributed by atoms with van der Waals surface area (Å²) in [6, 6.07) is 5.57. The van der Waals surface area contributed by atoms with Gasteiger partial charge in [0, 0.05) is 19.4 Å². The summed E-state index contributed by atoms with van der Waals surface area (Å²) in [5, 5.41) is 0. The predicted molar refractivity (Wildman–Crippen MR) is 88.4 cm³/mol. The molecule has 0 bridgehead atoms. The molecule has 2 aromatic rings. The van der Waals surface area contributed by atoms with Gasteiger partial charge in [-0.1, -0.05) is 6.07 Å². The molecule has 22 heavy (non-hydrogen) atoms. The fourth-order valence-electron chi connectivity index (χ4n) is 1.99. The van der Waals surface area contributed by atoms with Crippen molar-refractivity contribution in [3.8, 4) is 5.75 Å². The van der Waals surface area contributed by atoms with Crippen molar-refractivity contribution in [1.29, 1.82) is 0 Å². The van der Waals surface area contributed by atoms with Crippen LogP contribution in [-0.2, 0) is 16.6 Å². The minimum Gasteiger partial charge on any atom is -0.496 e. The zero-order valence-electron chi connectivity index (χ0n) is 12.7. The van der Waals surface area contributed by atoms with Crippen LogP contribution in [0.1, 0.15) is 18.3 Å². The molecule has 0 amide bonds. The molecule has 0 N–H and O–H groups in total. The van der Waals surface area contributed by atoms with Crippen LogP contribution in [0.5, 0.6) is 5.75 Å².